The molecule has 10 heterocycles. The number of nitrogens with zero attached hydrogens (tertiary/aromatic N) is 4. The van der Waals surface area contributed by atoms with Gasteiger partial charge in [0.2, 0.25) is 5.91 Å². The number of aliphatic hydroxyl groups excluding tert-OH is 10. The first-order chi connectivity index (χ1) is 54.3. The van der Waals surface area contributed by atoms with Gasteiger partial charge in [-0.05, 0) is 163 Å². The van der Waals surface area contributed by atoms with Crippen LogP contribution in [0.1, 0.15) is 95.0 Å². The standard InChI is InChI=1S/C17H26NO7P.C16H25N2O6P.C15H25N2O5P.C15H25N2O4P.C14H23N2O5P/c1-9(19)8-24-12-7-10(16(22)18-17(12)23)15-14(21)13(20)11(25-15)5-6-26(2,3)4;1-9(19)7-10-8-18(16(23)17-14(10)22)15-13(21)12(20)11(24-15)5-6-25(2,3)4;1-5-9-8-17(15(21)16-13(9)20)14-12(19)11(18)10(22-14)6-7-23(2,3)4;1-9-8-17(10(2)16-14(9)20)15-13(19)12(18)11(21-15)6-7-22(3,4)5;1-16-13(19)8(7-15-14(16)20)12-11(18)10(17)9(21-12)5-6-22(2,3)4/h7,10-11,13-15,20-21H,2,5-6,8H2,1,3-4H3,(H,18,22,23);8,11-13,15,20-21H,2,5-7H2,1,3-4H3,(H,17,22,23);8,10-12,14,18-19H,2,5-7H2,1,3-4H3,(H,16,20,21);8,11-13,15,18-19H,2-3,6-7H2,1,4-5H3,(H,16,20);7,9-12,17-18H,2,5-6H2,1,3-4H3,(H,15,20)/t10-,11+,13+,14+,15?;11-,12-,13-,15?;10-,11-,12-,14?;11-,12-,13-,15?;9-,10-,11-,12?/m01111/s1. The van der Waals surface area contributed by atoms with Crippen LogP contribution in [0.4, 0.5) is 0 Å². The van der Waals surface area contributed by atoms with Gasteiger partial charge in [-0.15, -0.1) is 65.9 Å². The zero-order valence-electron chi connectivity index (χ0n) is 69.9. The van der Waals surface area contributed by atoms with E-state index >= 15 is 0 Å². The Morgan fingerprint density at radius 2 is 0.890 bits per heavy atom. The summed E-state index contributed by atoms with van der Waals surface area (Å²) < 4.78 is 36.9. The predicted octanol–water partition coefficient (Wildman–Crippen LogP) is -1.79. The highest BCUT2D eigenvalue weighted by molar-refractivity contribution is 7.73. The average molecular weight is 1760 g/mol. The minimum absolute atomic E-state index is 0.102. The summed E-state index contributed by atoms with van der Waals surface area (Å²) in [6.45, 7) is 24.0. The second kappa shape index (κ2) is 41.7. The number of Topliss-reactive ketones (excluding diaryl/α,β-unsaturated/α-hetero) is 2. The zero-order valence-corrected chi connectivity index (χ0v) is 74.4. The number of rotatable bonds is 26. The molecule has 664 valence electrons. The topological polar surface area (TPSA) is 535 Å². The SMILES string of the molecule is C=C1NC(=O)C(C)=CN1C1O[C@H](CCP(=C)(C)C)[C@@H](O)[C@H]1O.C=P(C)(C)CC[C@H]1OC([C@@H]2C=C(OCC(C)=O)C(=O)NC2=O)[C@H](O)[C@@H]1O.C=P(C)(C)CC[C@H]1OC(c2c[nH]c(=O)n(C)c2=O)[C@H](O)[C@@H]1O.C=P(C)(C)CC[C@H]1OC(n2cc(CC(C)=O)c(=O)[nH]c2=O)[C@H](O)[C@@H]1O.C=P(C)(C)CC[C@H]1OC(n2cc(CC)c(=O)[nH]c2=O)[C@H](O)[C@@H]1O. The van der Waals surface area contributed by atoms with Gasteiger partial charge in [0.15, 0.2) is 30.2 Å². The summed E-state index contributed by atoms with van der Waals surface area (Å²) in [7, 11) is 1.34. The van der Waals surface area contributed by atoms with Crippen molar-refractivity contribution in [3.63, 3.8) is 0 Å². The molecular weight excluding hydrogens is 1640 g/mol. The van der Waals surface area contributed by atoms with E-state index in [0.717, 1.165) is 44.5 Å². The summed E-state index contributed by atoms with van der Waals surface area (Å²) in [5, 5.41) is 107. The molecule has 41 heteroatoms. The third kappa shape index (κ3) is 27.9. The van der Waals surface area contributed by atoms with Gasteiger partial charge in [-0.25, -0.2) is 14.4 Å². The maximum Gasteiger partial charge on any atom is 0.330 e. The van der Waals surface area contributed by atoms with Gasteiger partial charge in [0.05, 0.1) is 42.0 Å². The van der Waals surface area contributed by atoms with Gasteiger partial charge in [0.1, 0.15) is 91.5 Å². The molecule has 10 rings (SSSR count). The van der Waals surface area contributed by atoms with Crippen molar-refractivity contribution in [1.29, 1.82) is 0 Å². The first kappa shape index (κ1) is 101. The number of aromatic nitrogens is 6. The molecule has 0 radical (unpaired) electrons. The molecule has 5 fully saturated rings. The van der Waals surface area contributed by atoms with Crippen molar-refractivity contribution < 1.29 is 103 Å². The van der Waals surface area contributed by atoms with E-state index in [9.17, 15) is 104 Å². The zero-order chi connectivity index (χ0) is 89.3. The highest BCUT2D eigenvalue weighted by atomic mass is 31.2. The van der Waals surface area contributed by atoms with E-state index in [1.54, 1.807) is 24.9 Å². The number of carbonyl (C=O) groups is 5. The Bertz CT molecular complexity index is 4820. The molecule has 0 bridgehead atoms. The highest BCUT2D eigenvalue weighted by Crippen LogP contribution is 2.45. The molecule has 3 amide bonds. The lowest BCUT2D eigenvalue weighted by molar-refractivity contribution is -0.138. The number of aliphatic hydroxyl groups is 10. The molecule has 0 saturated carbocycles. The lowest BCUT2D eigenvalue weighted by Crippen LogP contribution is -2.48. The van der Waals surface area contributed by atoms with Gasteiger partial charge < -0.3 is 94.7 Å². The maximum atomic E-state index is 12.2. The summed E-state index contributed by atoms with van der Waals surface area (Å²) >= 11 is 0. The molecular formula is C77H124N9O27P5. The van der Waals surface area contributed by atoms with E-state index in [0.29, 0.717) is 55.5 Å². The van der Waals surface area contributed by atoms with Crippen LogP contribution in [0.15, 0.2) is 83.4 Å². The first-order valence-corrected chi connectivity index (χ1v) is 53.7. The largest absolute Gasteiger partial charge is 0.480 e. The molecule has 0 aromatic carbocycles. The summed E-state index contributed by atoms with van der Waals surface area (Å²) in [5.41, 5.74) is -2.44. The predicted molar refractivity (Wildman–Crippen MR) is 463 cm³/mol. The molecule has 21 atom stereocenters. The number of aryl methyl sites for hydroxylation is 1. The summed E-state index contributed by atoms with van der Waals surface area (Å²) in [5.74, 6) is -2.99. The lowest BCUT2D eigenvalue weighted by Gasteiger charge is -2.34. The molecule has 5 saturated heterocycles. The fourth-order valence-electron chi connectivity index (χ4n) is 13.4. The number of carbonyl (C=O) groups excluding carboxylic acids is 5. The quantitative estimate of drug-likeness (QED) is 0.0312. The fraction of sp³-hybridized carbons (Fsp3) is 0.636. The Hall–Kier alpha value is -6.29. The number of ketones is 2. The van der Waals surface area contributed by atoms with Crippen molar-refractivity contribution >= 4 is 95.2 Å². The molecule has 118 heavy (non-hydrogen) atoms. The number of hydrogen-bond acceptors (Lipinski definition) is 28. The van der Waals surface area contributed by atoms with Crippen molar-refractivity contribution in [3.05, 3.63) is 134 Å². The Morgan fingerprint density at radius 1 is 0.500 bits per heavy atom. The van der Waals surface area contributed by atoms with Crippen molar-refractivity contribution in [2.24, 2.45) is 13.0 Å². The number of amides is 3. The average Bonchev–Trinajstić information content (AvgIpc) is 1.66. The van der Waals surface area contributed by atoms with Crippen LogP contribution in [0.3, 0.4) is 0 Å². The Labute approximate surface area is 685 Å². The van der Waals surface area contributed by atoms with E-state index in [4.69, 9.17) is 28.4 Å². The molecule has 5 unspecified atom stereocenters. The smallest absolute Gasteiger partial charge is 0.330 e. The van der Waals surface area contributed by atoms with Crippen LogP contribution in [0.2, 0.25) is 0 Å². The monoisotopic (exact) mass is 1760 g/mol. The van der Waals surface area contributed by atoms with Crippen LogP contribution >= 0.6 is 34.4 Å². The van der Waals surface area contributed by atoms with E-state index in [1.807, 2.05) is 0 Å². The molecule has 36 nitrogen and oxygen atoms in total. The molecule has 7 aliphatic heterocycles. The van der Waals surface area contributed by atoms with Crippen LogP contribution in [0, 0.1) is 5.92 Å². The summed E-state index contributed by atoms with van der Waals surface area (Å²) in [6.07, 6.45) is 15.3. The number of H-pyrrole nitrogens is 3. The Morgan fingerprint density at radius 3 is 1.31 bits per heavy atom. The molecule has 15 N–H and O–H groups in total. The number of ether oxygens (including phenoxy) is 6. The third-order valence-electron chi connectivity index (χ3n) is 20.2. The minimum Gasteiger partial charge on any atom is -0.480 e. The second-order valence-corrected chi connectivity index (χ2v) is 55.9. The molecule has 3 aromatic heterocycles. The van der Waals surface area contributed by atoms with Crippen LogP contribution in [-0.2, 0) is 72.3 Å². The second-order valence-electron chi connectivity index (χ2n) is 34.3. The van der Waals surface area contributed by atoms with Gasteiger partial charge in [0, 0.05) is 55.0 Å². The van der Waals surface area contributed by atoms with Crippen molar-refractivity contribution in [2.45, 2.75) is 195 Å². The third-order valence-corrected chi connectivity index (χ3v) is 27.6. The highest BCUT2D eigenvalue weighted by Gasteiger charge is 2.51. The molecule has 0 aliphatic carbocycles. The molecule has 0 spiro atoms. The minimum atomic E-state index is -1.33. The van der Waals surface area contributed by atoms with Gasteiger partial charge in [-0.1, -0.05) is 13.5 Å². The summed E-state index contributed by atoms with van der Waals surface area (Å²) in [6, 6.07) is 0. The van der Waals surface area contributed by atoms with Gasteiger partial charge >= 0.3 is 17.1 Å². The number of aromatic amines is 3. The van der Waals surface area contributed by atoms with Crippen molar-refractivity contribution in [2.75, 3.05) is 104 Å². The first-order valence-electron chi connectivity index (χ1n) is 38.4. The van der Waals surface area contributed by atoms with Crippen LogP contribution in [0.25, 0.3) is 0 Å². The summed E-state index contributed by atoms with van der Waals surface area (Å²) in [4.78, 5) is 137. The molecule has 7 aliphatic rings. The number of nitrogens with one attached hydrogen (secondary N) is 5. The van der Waals surface area contributed by atoms with E-state index in [1.165, 1.54) is 45.6 Å². The van der Waals surface area contributed by atoms with Crippen LogP contribution in [-0.4, -0.2) is 353 Å². The fourth-order valence-corrected chi connectivity index (χ4v) is 18.1. The van der Waals surface area contributed by atoms with Gasteiger partial charge in [-0.3, -0.25) is 67.3 Å². The number of imide groups is 1. The van der Waals surface area contributed by atoms with Crippen LogP contribution in [0.5, 0.6) is 0 Å². The van der Waals surface area contributed by atoms with Gasteiger partial charge in [-0.2, -0.15) is 0 Å². The Kier molecular flexibility index (Phi) is 35.5. The normalized spacial score (nSPS) is 29.8. The van der Waals surface area contributed by atoms with E-state index in [-0.39, 0.29) is 47.4 Å². The maximum absolute atomic E-state index is 12.2. The number of hydrogen-bond donors (Lipinski definition) is 15. The van der Waals surface area contributed by atoms with Crippen molar-refractivity contribution in [1.82, 2.24) is 44.2 Å². The van der Waals surface area contributed by atoms with Crippen LogP contribution < -0.4 is 44.4 Å². The van der Waals surface area contributed by atoms with E-state index in [2.05, 4.69) is 130 Å². The molecule has 3 aromatic rings. The van der Waals surface area contributed by atoms with Gasteiger partial charge in [0.25, 0.3) is 28.5 Å². The Balaban J connectivity index is 0.000000229. The lowest BCUT2D eigenvalue weighted by atomic mass is 9.92. The van der Waals surface area contributed by atoms with E-state index < -0.39 is 208 Å². The van der Waals surface area contributed by atoms with Crippen molar-refractivity contribution in [3.8, 4) is 0 Å².